The van der Waals surface area contributed by atoms with Crippen molar-refractivity contribution in [3.63, 3.8) is 0 Å². The van der Waals surface area contributed by atoms with E-state index in [1.807, 2.05) is 24.3 Å². The van der Waals surface area contributed by atoms with Crippen LogP contribution in [0, 0.1) is 0 Å². The van der Waals surface area contributed by atoms with Crippen LogP contribution < -0.4 is 4.74 Å². The Morgan fingerprint density at radius 2 is 1.73 bits per heavy atom. The van der Waals surface area contributed by atoms with Crippen LogP contribution in [0.4, 0.5) is 0 Å². The summed E-state index contributed by atoms with van der Waals surface area (Å²) in [6.45, 7) is 1.87. The van der Waals surface area contributed by atoms with Crippen molar-refractivity contribution in [2.45, 2.75) is 19.8 Å². The Kier molecular flexibility index (Phi) is 7.24. The molecule has 0 saturated carbocycles. The van der Waals surface area contributed by atoms with Crippen molar-refractivity contribution in [2.75, 3.05) is 13.7 Å². The Labute approximate surface area is 186 Å². The highest BCUT2D eigenvalue weighted by molar-refractivity contribution is 6.36. The number of phenolic OH excluding ortho intramolecular Hbond substituents is 1. The highest BCUT2D eigenvalue weighted by Gasteiger charge is 2.13. The minimum absolute atomic E-state index is 0.218. The molecule has 0 atom stereocenters. The molecule has 0 radical (unpaired) electrons. The van der Waals surface area contributed by atoms with Crippen molar-refractivity contribution in [1.82, 2.24) is 0 Å². The monoisotopic (exact) mass is 444 g/mol. The number of halogens is 2. The Hall–Kier alpha value is -2.69. The van der Waals surface area contributed by atoms with Gasteiger partial charge >= 0.3 is 5.97 Å². The molecule has 0 spiro atoms. The molecule has 3 aromatic rings. The molecule has 0 heterocycles. The number of phenols is 1. The maximum atomic E-state index is 11.2. The Balaban J connectivity index is 1.87. The average molecular weight is 445 g/mol. The number of hydrogen-bond acceptors (Lipinski definition) is 4. The molecule has 1 N–H and O–H groups in total. The predicted octanol–water partition coefficient (Wildman–Crippen LogP) is 6.07. The second-order valence-corrected chi connectivity index (χ2v) is 7.63. The van der Waals surface area contributed by atoms with E-state index in [1.54, 1.807) is 18.2 Å². The van der Waals surface area contributed by atoms with Gasteiger partial charge in [0.2, 0.25) is 0 Å². The van der Waals surface area contributed by atoms with E-state index < -0.39 is 5.97 Å². The van der Waals surface area contributed by atoms with Crippen molar-refractivity contribution in [3.8, 4) is 22.6 Å². The predicted molar refractivity (Wildman–Crippen MR) is 120 cm³/mol. The Morgan fingerprint density at radius 1 is 1.00 bits per heavy atom. The number of carbonyl (C=O) groups is 1. The van der Waals surface area contributed by atoms with E-state index in [0.29, 0.717) is 22.2 Å². The molecular formula is C24H22Cl2O4. The van der Waals surface area contributed by atoms with E-state index in [9.17, 15) is 9.90 Å². The fraction of sp³-hybridized carbons (Fsp3) is 0.208. The average Bonchev–Trinajstić information content (AvgIpc) is 2.75. The van der Waals surface area contributed by atoms with Crippen LogP contribution in [-0.4, -0.2) is 24.8 Å². The summed E-state index contributed by atoms with van der Waals surface area (Å²) < 4.78 is 9.92. The first kappa shape index (κ1) is 22.0. The van der Waals surface area contributed by atoms with Gasteiger partial charge in [0.15, 0.2) is 6.61 Å². The summed E-state index contributed by atoms with van der Waals surface area (Å²) in [5, 5.41) is 11.3. The number of carbonyl (C=O) groups excluding carboxylic acids is 1. The molecular weight excluding hydrogens is 423 g/mol. The van der Waals surface area contributed by atoms with Crippen molar-refractivity contribution in [3.05, 3.63) is 81.3 Å². The lowest BCUT2D eigenvalue weighted by atomic mass is 9.96. The molecule has 0 aliphatic carbocycles. The van der Waals surface area contributed by atoms with Gasteiger partial charge in [0.1, 0.15) is 11.5 Å². The van der Waals surface area contributed by atoms with Gasteiger partial charge in [-0.2, -0.15) is 0 Å². The topological polar surface area (TPSA) is 55.8 Å². The third kappa shape index (κ3) is 5.26. The summed E-state index contributed by atoms with van der Waals surface area (Å²) in [6.07, 6.45) is 1.40. The van der Waals surface area contributed by atoms with E-state index >= 15 is 0 Å². The molecule has 3 aromatic carbocycles. The van der Waals surface area contributed by atoms with Gasteiger partial charge in [0, 0.05) is 22.0 Å². The van der Waals surface area contributed by atoms with E-state index in [4.69, 9.17) is 27.9 Å². The van der Waals surface area contributed by atoms with E-state index in [2.05, 4.69) is 23.8 Å². The van der Waals surface area contributed by atoms with Crippen molar-refractivity contribution < 1.29 is 19.4 Å². The molecule has 0 fully saturated rings. The first-order valence-electron chi connectivity index (χ1n) is 9.50. The number of benzene rings is 3. The Bertz CT molecular complexity index is 1040. The summed E-state index contributed by atoms with van der Waals surface area (Å²) >= 11 is 12.9. The summed E-state index contributed by atoms with van der Waals surface area (Å²) in [4.78, 5) is 11.2. The molecule has 6 heteroatoms. The van der Waals surface area contributed by atoms with Gasteiger partial charge in [0.05, 0.1) is 7.11 Å². The van der Waals surface area contributed by atoms with Crippen molar-refractivity contribution >= 4 is 29.2 Å². The van der Waals surface area contributed by atoms with E-state index in [-0.39, 0.29) is 12.4 Å². The number of methoxy groups -OCH3 is 1. The van der Waals surface area contributed by atoms with E-state index in [0.717, 1.165) is 28.7 Å². The second kappa shape index (κ2) is 9.88. The quantitative estimate of drug-likeness (QED) is 0.449. The van der Waals surface area contributed by atoms with Crippen LogP contribution in [0.5, 0.6) is 11.5 Å². The fourth-order valence-electron chi connectivity index (χ4n) is 3.12. The first-order chi connectivity index (χ1) is 14.4. The molecule has 0 saturated heterocycles. The van der Waals surface area contributed by atoms with Crippen LogP contribution in [0.25, 0.3) is 11.1 Å². The molecule has 0 aliphatic heterocycles. The van der Waals surface area contributed by atoms with Gasteiger partial charge in [-0.1, -0.05) is 60.5 Å². The van der Waals surface area contributed by atoms with Gasteiger partial charge in [-0.3, -0.25) is 0 Å². The lowest BCUT2D eigenvalue weighted by Gasteiger charge is -2.13. The maximum Gasteiger partial charge on any atom is 0.343 e. The van der Waals surface area contributed by atoms with Gasteiger partial charge in [-0.15, -0.1) is 0 Å². The van der Waals surface area contributed by atoms with Gasteiger partial charge in [-0.05, 0) is 52.9 Å². The summed E-state index contributed by atoms with van der Waals surface area (Å²) in [5.41, 5.74) is 4.61. The zero-order valence-corrected chi connectivity index (χ0v) is 18.3. The normalized spacial score (nSPS) is 10.7. The highest BCUT2D eigenvalue weighted by atomic mass is 35.5. The number of esters is 1. The molecule has 3 rings (SSSR count). The van der Waals surface area contributed by atoms with Crippen LogP contribution in [0.2, 0.25) is 10.0 Å². The molecule has 0 aliphatic rings. The summed E-state index contributed by atoms with van der Waals surface area (Å²) in [5.74, 6) is 0.118. The van der Waals surface area contributed by atoms with Crippen LogP contribution in [0.15, 0.2) is 54.6 Å². The van der Waals surface area contributed by atoms with E-state index in [1.165, 1.54) is 12.7 Å². The maximum absolute atomic E-state index is 11.2. The van der Waals surface area contributed by atoms with Crippen molar-refractivity contribution in [2.24, 2.45) is 0 Å². The van der Waals surface area contributed by atoms with Crippen LogP contribution in [0.3, 0.4) is 0 Å². The van der Waals surface area contributed by atoms with Crippen LogP contribution in [-0.2, 0) is 22.4 Å². The minimum atomic E-state index is -0.491. The largest absolute Gasteiger partial charge is 0.507 e. The number of rotatable bonds is 7. The summed E-state index contributed by atoms with van der Waals surface area (Å²) in [7, 11) is 1.29. The lowest BCUT2D eigenvalue weighted by molar-refractivity contribution is -0.142. The van der Waals surface area contributed by atoms with Crippen LogP contribution in [0.1, 0.15) is 23.6 Å². The standard InChI is InChI=1S/C24H22Cl2O4/c1-3-15-5-4-6-17(9-15)19-10-16(7-8-23(19)27)11-20-21(25)12-18(13-22(20)26)30-14-24(28)29-2/h4-10,12-13,27H,3,11,14H2,1-2H3. The molecule has 0 amide bonds. The smallest absolute Gasteiger partial charge is 0.343 e. The molecule has 4 nitrogen and oxygen atoms in total. The fourth-order valence-corrected chi connectivity index (χ4v) is 3.72. The SMILES string of the molecule is CCc1cccc(-c2cc(Cc3c(Cl)cc(OCC(=O)OC)cc3Cl)ccc2O)c1. The number of hydrogen-bond donors (Lipinski definition) is 1. The molecule has 30 heavy (non-hydrogen) atoms. The molecule has 0 bridgehead atoms. The zero-order chi connectivity index (χ0) is 21.7. The van der Waals surface area contributed by atoms with Gasteiger partial charge in [-0.25, -0.2) is 4.79 Å². The number of aryl methyl sites for hydroxylation is 1. The lowest BCUT2D eigenvalue weighted by Crippen LogP contribution is -2.12. The minimum Gasteiger partial charge on any atom is -0.507 e. The van der Waals surface area contributed by atoms with Gasteiger partial charge < -0.3 is 14.6 Å². The first-order valence-corrected chi connectivity index (χ1v) is 10.3. The number of ether oxygens (including phenoxy) is 2. The van der Waals surface area contributed by atoms with Gasteiger partial charge in [0.25, 0.3) is 0 Å². The van der Waals surface area contributed by atoms with Crippen molar-refractivity contribution in [1.29, 1.82) is 0 Å². The van der Waals surface area contributed by atoms with Crippen LogP contribution >= 0.6 is 23.2 Å². The molecule has 156 valence electrons. The summed E-state index contributed by atoms with van der Waals surface area (Å²) in [6, 6.07) is 16.8. The zero-order valence-electron chi connectivity index (χ0n) is 16.7. The second-order valence-electron chi connectivity index (χ2n) is 6.81. The third-order valence-corrected chi connectivity index (χ3v) is 5.46. The number of aromatic hydroxyl groups is 1. The highest BCUT2D eigenvalue weighted by Crippen LogP contribution is 2.35. The molecule has 0 aromatic heterocycles. The molecule has 0 unspecified atom stereocenters. The Morgan fingerprint density at radius 3 is 2.40 bits per heavy atom. The third-order valence-electron chi connectivity index (χ3n) is 4.79.